The Hall–Kier alpha value is -0.330. The third kappa shape index (κ3) is 7.58. The van der Waals surface area contributed by atoms with Gasteiger partial charge in [-0.1, -0.05) is 0 Å². The number of ether oxygens (including phenoxy) is 1. The normalized spacial score (nSPS) is 19.2. The standard InChI is InChI=1S/C9H16F3NO2/c10-9(11,12)6-13-3-8(14)5-15-4-7-1-2-7/h7-8,13-14H,1-6H2. The van der Waals surface area contributed by atoms with E-state index in [9.17, 15) is 18.3 Å². The summed E-state index contributed by atoms with van der Waals surface area (Å²) in [5.41, 5.74) is 0. The van der Waals surface area contributed by atoms with Crippen LogP contribution in [0.2, 0.25) is 0 Å². The highest BCUT2D eigenvalue weighted by molar-refractivity contribution is 4.72. The summed E-state index contributed by atoms with van der Waals surface area (Å²) >= 11 is 0. The molecule has 3 nitrogen and oxygen atoms in total. The average molecular weight is 227 g/mol. The molecule has 0 aromatic heterocycles. The summed E-state index contributed by atoms with van der Waals surface area (Å²) in [5, 5.41) is 11.3. The zero-order valence-corrected chi connectivity index (χ0v) is 8.39. The molecule has 90 valence electrons. The van der Waals surface area contributed by atoms with Gasteiger partial charge in [0.25, 0.3) is 0 Å². The summed E-state index contributed by atoms with van der Waals surface area (Å²) in [7, 11) is 0. The van der Waals surface area contributed by atoms with Crippen LogP contribution in [0.3, 0.4) is 0 Å². The summed E-state index contributed by atoms with van der Waals surface area (Å²) in [6.45, 7) is -0.464. The largest absolute Gasteiger partial charge is 0.401 e. The minimum Gasteiger partial charge on any atom is -0.389 e. The Kier molecular flexibility index (Phi) is 4.82. The van der Waals surface area contributed by atoms with Gasteiger partial charge in [-0.15, -0.1) is 0 Å². The van der Waals surface area contributed by atoms with Crippen LogP contribution in [0, 0.1) is 5.92 Å². The second-order valence-corrected chi connectivity index (χ2v) is 3.88. The molecule has 1 aliphatic carbocycles. The molecule has 1 fully saturated rings. The fourth-order valence-corrected chi connectivity index (χ4v) is 1.09. The number of halogens is 3. The van der Waals surface area contributed by atoms with Crippen molar-refractivity contribution in [2.75, 3.05) is 26.3 Å². The van der Waals surface area contributed by atoms with E-state index in [1.807, 2.05) is 0 Å². The highest BCUT2D eigenvalue weighted by Gasteiger charge is 2.26. The van der Waals surface area contributed by atoms with Crippen LogP contribution in [0.25, 0.3) is 0 Å². The number of nitrogens with one attached hydrogen (secondary N) is 1. The Bertz CT molecular complexity index is 183. The number of aliphatic hydroxyl groups excluding tert-OH is 1. The summed E-state index contributed by atoms with van der Waals surface area (Å²) in [5.74, 6) is 0.598. The SMILES string of the molecule is OC(CNCC(F)(F)F)COCC1CC1. The molecule has 0 bridgehead atoms. The van der Waals surface area contributed by atoms with Gasteiger partial charge in [-0.25, -0.2) is 0 Å². The van der Waals surface area contributed by atoms with Crippen molar-refractivity contribution < 1.29 is 23.0 Å². The first-order chi connectivity index (χ1) is 6.97. The summed E-state index contributed by atoms with van der Waals surface area (Å²) in [6.07, 6.45) is -2.79. The van der Waals surface area contributed by atoms with Gasteiger partial charge < -0.3 is 15.2 Å². The second kappa shape index (κ2) is 5.67. The van der Waals surface area contributed by atoms with Gasteiger partial charge in [0.05, 0.1) is 19.3 Å². The van der Waals surface area contributed by atoms with Gasteiger partial charge in [-0.2, -0.15) is 13.2 Å². The predicted molar refractivity (Wildman–Crippen MR) is 48.5 cm³/mol. The van der Waals surface area contributed by atoms with Crippen molar-refractivity contribution in [3.63, 3.8) is 0 Å². The minimum atomic E-state index is -4.23. The van der Waals surface area contributed by atoms with Crippen molar-refractivity contribution in [1.29, 1.82) is 0 Å². The summed E-state index contributed by atoms with van der Waals surface area (Å²) in [6, 6.07) is 0. The summed E-state index contributed by atoms with van der Waals surface area (Å²) < 4.78 is 40.2. The molecule has 0 aromatic carbocycles. The van der Waals surface area contributed by atoms with Gasteiger partial charge in [-0.3, -0.25) is 0 Å². The molecule has 0 amide bonds. The molecule has 1 rings (SSSR count). The van der Waals surface area contributed by atoms with E-state index in [0.29, 0.717) is 12.5 Å². The maximum atomic E-state index is 11.7. The molecule has 1 atom stereocenters. The molecule has 15 heavy (non-hydrogen) atoms. The Morgan fingerprint density at radius 2 is 2.07 bits per heavy atom. The zero-order valence-electron chi connectivity index (χ0n) is 8.39. The Morgan fingerprint density at radius 3 is 2.60 bits per heavy atom. The molecular weight excluding hydrogens is 211 g/mol. The van der Waals surface area contributed by atoms with E-state index < -0.39 is 18.8 Å². The second-order valence-electron chi connectivity index (χ2n) is 3.88. The Labute approximate surface area is 86.6 Å². The van der Waals surface area contributed by atoms with Crippen LogP contribution >= 0.6 is 0 Å². The fourth-order valence-electron chi connectivity index (χ4n) is 1.09. The van der Waals surface area contributed by atoms with E-state index >= 15 is 0 Å². The quantitative estimate of drug-likeness (QED) is 0.679. The molecule has 0 heterocycles. The first-order valence-corrected chi connectivity index (χ1v) is 5.00. The van der Waals surface area contributed by atoms with Crippen LogP contribution in [0.5, 0.6) is 0 Å². The van der Waals surface area contributed by atoms with Crippen molar-refractivity contribution in [2.45, 2.75) is 25.1 Å². The molecule has 0 aliphatic heterocycles. The van der Waals surface area contributed by atoms with Crippen molar-refractivity contribution in [2.24, 2.45) is 5.92 Å². The van der Waals surface area contributed by atoms with Crippen LogP contribution in [-0.4, -0.2) is 43.7 Å². The van der Waals surface area contributed by atoms with Gasteiger partial charge in [0.15, 0.2) is 0 Å². The van der Waals surface area contributed by atoms with E-state index in [1.165, 1.54) is 0 Å². The molecule has 6 heteroatoms. The average Bonchev–Trinajstić information content (AvgIpc) is 2.85. The molecule has 0 saturated heterocycles. The lowest BCUT2D eigenvalue weighted by Crippen LogP contribution is -2.36. The van der Waals surface area contributed by atoms with Crippen LogP contribution in [0.15, 0.2) is 0 Å². The highest BCUT2D eigenvalue weighted by atomic mass is 19.4. The van der Waals surface area contributed by atoms with Gasteiger partial charge in [0, 0.05) is 13.2 Å². The molecule has 1 unspecified atom stereocenters. The lowest BCUT2D eigenvalue weighted by Gasteiger charge is -2.13. The van der Waals surface area contributed by atoms with Crippen LogP contribution in [-0.2, 0) is 4.74 Å². The predicted octanol–water partition coefficient (Wildman–Crippen LogP) is 0.926. The van der Waals surface area contributed by atoms with Crippen molar-refractivity contribution in [1.82, 2.24) is 5.32 Å². The maximum Gasteiger partial charge on any atom is 0.401 e. The third-order valence-corrected chi connectivity index (χ3v) is 2.07. The van der Waals surface area contributed by atoms with E-state index in [-0.39, 0.29) is 13.2 Å². The van der Waals surface area contributed by atoms with Gasteiger partial charge >= 0.3 is 6.18 Å². The molecule has 1 saturated carbocycles. The van der Waals surface area contributed by atoms with E-state index in [2.05, 4.69) is 5.32 Å². The van der Waals surface area contributed by atoms with Crippen LogP contribution in [0.4, 0.5) is 13.2 Å². The first kappa shape index (κ1) is 12.7. The minimum absolute atomic E-state index is 0.0931. The molecule has 2 N–H and O–H groups in total. The molecule has 0 aromatic rings. The van der Waals surface area contributed by atoms with Crippen molar-refractivity contribution in [3.8, 4) is 0 Å². The van der Waals surface area contributed by atoms with E-state index in [4.69, 9.17) is 4.74 Å². The van der Waals surface area contributed by atoms with Gasteiger partial charge in [0.2, 0.25) is 0 Å². The van der Waals surface area contributed by atoms with Crippen LogP contribution < -0.4 is 5.32 Å². The molecule has 1 aliphatic rings. The maximum absolute atomic E-state index is 11.7. The lowest BCUT2D eigenvalue weighted by atomic mass is 10.3. The number of alkyl halides is 3. The summed E-state index contributed by atoms with van der Waals surface area (Å²) in [4.78, 5) is 0. The number of hydrogen-bond acceptors (Lipinski definition) is 3. The topological polar surface area (TPSA) is 41.5 Å². The molecule has 0 radical (unpaired) electrons. The number of rotatable bonds is 7. The molecule has 0 spiro atoms. The van der Waals surface area contributed by atoms with Crippen molar-refractivity contribution >= 4 is 0 Å². The Balaban J connectivity index is 1.90. The van der Waals surface area contributed by atoms with Gasteiger partial charge in [-0.05, 0) is 18.8 Å². The Morgan fingerprint density at radius 1 is 1.40 bits per heavy atom. The van der Waals surface area contributed by atoms with Crippen molar-refractivity contribution in [3.05, 3.63) is 0 Å². The number of hydrogen-bond donors (Lipinski definition) is 2. The van der Waals surface area contributed by atoms with Crippen LogP contribution in [0.1, 0.15) is 12.8 Å². The van der Waals surface area contributed by atoms with E-state index in [0.717, 1.165) is 12.8 Å². The smallest absolute Gasteiger partial charge is 0.389 e. The lowest BCUT2D eigenvalue weighted by molar-refractivity contribution is -0.125. The third-order valence-electron chi connectivity index (χ3n) is 2.07. The monoisotopic (exact) mass is 227 g/mol. The fraction of sp³-hybridized carbons (Fsp3) is 1.00. The molecular formula is C9H16F3NO2. The van der Waals surface area contributed by atoms with Gasteiger partial charge in [0.1, 0.15) is 0 Å². The number of aliphatic hydroxyl groups is 1. The first-order valence-electron chi connectivity index (χ1n) is 5.00. The zero-order chi connectivity index (χ0) is 11.3. The highest BCUT2D eigenvalue weighted by Crippen LogP contribution is 2.28. The van der Waals surface area contributed by atoms with E-state index in [1.54, 1.807) is 0 Å².